The van der Waals surface area contributed by atoms with E-state index in [1.807, 2.05) is 45.9 Å². The summed E-state index contributed by atoms with van der Waals surface area (Å²) in [5.74, 6) is -1.01. The van der Waals surface area contributed by atoms with E-state index in [1.54, 1.807) is 0 Å². The van der Waals surface area contributed by atoms with E-state index >= 15 is 0 Å². The molecule has 0 saturated carbocycles. The molecule has 0 aliphatic carbocycles. The first-order valence-electron chi connectivity index (χ1n) is 6.71. The number of rotatable bonds is 5. The van der Waals surface area contributed by atoms with Crippen LogP contribution in [0, 0.1) is 13.8 Å². The van der Waals surface area contributed by atoms with Gasteiger partial charge in [0.05, 0.1) is 0 Å². The molecule has 0 saturated heterocycles. The molecule has 1 unspecified atom stereocenters. The van der Waals surface area contributed by atoms with Crippen LogP contribution in [-0.2, 0) is 4.79 Å². The molecule has 5 heteroatoms. The molecule has 0 spiro atoms. The third-order valence-electron chi connectivity index (χ3n) is 3.16. The zero-order chi connectivity index (χ0) is 15.3. The Kier molecular flexibility index (Phi) is 5.55. The van der Waals surface area contributed by atoms with Gasteiger partial charge in [-0.05, 0) is 50.5 Å². The van der Waals surface area contributed by atoms with Gasteiger partial charge < -0.3 is 15.3 Å². The number of nitrogens with zero attached hydrogens (tertiary/aromatic N) is 1. The minimum absolute atomic E-state index is 0.128. The first kappa shape index (κ1) is 16.0. The van der Waals surface area contributed by atoms with Crippen LogP contribution in [0.4, 0.5) is 10.5 Å². The van der Waals surface area contributed by atoms with E-state index in [4.69, 9.17) is 5.11 Å². The van der Waals surface area contributed by atoms with Crippen LogP contribution in [0.2, 0.25) is 0 Å². The summed E-state index contributed by atoms with van der Waals surface area (Å²) < 4.78 is 0. The average molecular weight is 278 g/mol. The Morgan fingerprint density at radius 1 is 1.25 bits per heavy atom. The topological polar surface area (TPSA) is 69.6 Å². The van der Waals surface area contributed by atoms with Gasteiger partial charge in [-0.25, -0.2) is 4.79 Å². The van der Waals surface area contributed by atoms with Crippen LogP contribution in [0.1, 0.15) is 31.4 Å². The summed E-state index contributed by atoms with van der Waals surface area (Å²) in [6.07, 6.45) is 0.702. The van der Waals surface area contributed by atoms with E-state index in [9.17, 15) is 9.59 Å². The van der Waals surface area contributed by atoms with E-state index in [0.717, 1.165) is 11.1 Å². The standard InChI is InChI=1S/C15H22N2O3/c1-5-12(4)17(9-14(18)19)15(20)16-13-7-10(2)6-11(3)8-13/h6-8,12H,5,9H2,1-4H3,(H,16,20)(H,18,19). The van der Waals surface area contributed by atoms with Crippen molar-refractivity contribution in [1.29, 1.82) is 0 Å². The van der Waals surface area contributed by atoms with Crippen molar-refractivity contribution in [2.75, 3.05) is 11.9 Å². The lowest BCUT2D eigenvalue weighted by Gasteiger charge is -2.27. The summed E-state index contributed by atoms with van der Waals surface area (Å²) in [7, 11) is 0. The molecule has 0 fully saturated rings. The Bertz CT molecular complexity index is 480. The average Bonchev–Trinajstić information content (AvgIpc) is 2.33. The van der Waals surface area contributed by atoms with Crippen LogP contribution in [0.15, 0.2) is 18.2 Å². The number of carboxylic acids is 1. The van der Waals surface area contributed by atoms with E-state index in [1.165, 1.54) is 4.90 Å². The Morgan fingerprint density at radius 3 is 2.25 bits per heavy atom. The number of hydrogen-bond acceptors (Lipinski definition) is 2. The van der Waals surface area contributed by atoms with E-state index in [0.29, 0.717) is 12.1 Å². The number of hydrogen-bond donors (Lipinski definition) is 2. The van der Waals surface area contributed by atoms with Crippen molar-refractivity contribution in [3.8, 4) is 0 Å². The van der Waals surface area contributed by atoms with Crippen molar-refractivity contribution in [2.45, 2.75) is 40.2 Å². The zero-order valence-electron chi connectivity index (χ0n) is 12.4. The molecule has 0 aromatic heterocycles. The molecule has 20 heavy (non-hydrogen) atoms. The third kappa shape index (κ3) is 4.57. The van der Waals surface area contributed by atoms with Gasteiger partial charge in [-0.1, -0.05) is 13.0 Å². The van der Waals surface area contributed by atoms with Crippen molar-refractivity contribution in [2.24, 2.45) is 0 Å². The van der Waals surface area contributed by atoms with Gasteiger partial charge in [0, 0.05) is 11.7 Å². The lowest BCUT2D eigenvalue weighted by atomic mass is 10.1. The molecule has 1 aromatic rings. The summed E-state index contributed by atoms with van der Waals surface area (Å²) in [5, 5.41) is 11.7. The molecule has 0 bridgehead atoms. The maximum absolute atomic E-state index is 12.2. The molecule has 0 heterocycles. The number of benzene rings is 1. The molecule has 5 nitrogen and oxygen atoms in total. The lowest BCUT2D eigenvalue weighted by Crippen LogP contribution is -2.44. The molecule has 1 rings (SSSR count). The van der Waals surface area contributed by atoms with Crippen LogP contribution in [0.5, 0.6) is 0 Å². The Hall–Kier alpha value is -2.04. The number of carbonyl (C=O) groups is 2. The summed E-state index contributed by atoms with van der Waals surface area (Å²) >= 11 is 0. The van der Waals surface area contributed by atoms with Gasteiger partial charge in [0.15, 0.2) is 0 Å². The number of nitrogens with one attached hydrogen (secondary N) is 1. The quantitative estimate of drug-likeness (QED) is 0.869. The van der Waals surface area contributed by atoms with Gasteiger partial charge in [-0.2, -0.15) is 0 Å². The molecule has 2 amide bonds. The van der Waals surface area contributed by atoms with Gasteiger partial charge in [0.25, 0.3) is 0 Å². The summed E-state index contributed by atoms with van der Waals surface area (Å²) in [5.41, 5.74) is 2.79. The lowest BCUT2D eigenvalue weighted by molar-refractivity contribution is -0.138. The molecular weight excluding hydrogens is 256 g/mol. The summed E-state index contributed by atoms with van der Waals surface area (Å²) in [6, 6.07) is 5.23. The Morgan fingerprint density at radius 2 is 1.80 bits per heavy atom. The van der Waals surface area contributed by atoms with Gasteiger partial charge in [-0.3, -0.25) is 4.79 Å². The van der Waals surface area contributed by atoms with Crippen LogP contribution < -0.4 is 5.32 Å². The number of carbonyl (C=O) groups excluding carboxylic acids is 1. The van der Waals surface area contributed by atoms with Crippen LogP contribution >= 0.6 is 0 Å². The maximum atomic E-state index is 12.2. The van der Waals surface area contributed by atoms with Crippen molar-refractivity contribution in [1.82, 2.24) is 4.90 Å². The molecule has 2 N–H and O–H groups in total. The van der Waals surface area contributed by atoms with Crippen LogP contribution in [0.25, 0.3) is 0 Å². The maximum Gasteiger partial charge on any atom is 0.323 e. The monoisotopic (exact) mass is 278 g/mol. The second kappa shape index (κ2) is 6.93. The number of urea groups is 1. The highest BCUT2D eigenvalue weighted by Crippen LogP contribution is 2.15. The minimum Gasteiger partial charge on any atom is -0.480 e. The van der Waals surface area contributed by atoms with Gasteiger partial charge in [0.2, 0.25) is 0 Å². The fourth-order valence-electron chi connectivity index (χ4n) is 2.04. The SMILES string of the molecule is CCC(C)N(CC(=O)O)C(=O)Nc1cc(C)cc(C)c1. The van der Waals surface area contributed by atoms with Gasteiger partial charge in [0.1, 0.15) is 6.54 Å². The fraction of sp³-hybridized carbons (Fsp3) is 0.467. The molecule has 0 aliphatic rings. The zero-order valence-corrected chi connectivity index (χ0v) is 12.4. The van der Waals surface area contributed by atoms with E-state index in [2.05, 4.69) is 5.32 Å². The second-order valence-corrected chi connectivity index (χ2v) is 5.09. The molecule has 0 radical (unpaired) electrons. The highest BCUT2D eigenvalue weighted by Gasteiger charge is 2.21. The predicted molar refractivity (Wildman–Crippen MR) is 79.0 cm³/mol. The van der Waals surface area contributed by atoms with Crippen molar-refractivity contribution in [3.05, 3.63) is 29.3 Å². The molecule has 1 aromatic carbocycles. The first-order valence-corrected chi connectivity index (χ1v) is 6.71. The molecule has 110 valence electrons. The van der Waals surface area contributed by atoms with Crippen molar-refractivity contribution >= 4 is 17.7 Å². The Balaban J connectivity index is 2.87. The largest absolute Gasteiger partial charge is 0.480 e. The van der Waals surface area contributed by atoms with Crippen LogP contribution in [0.3, 0.4) is 0 Å². The second-order valence-electron chi connectivity index (χ2n) is 5.09. The van der Waals surface area contributed by atoms with E-state index in [-0.39, 0.29) is 18.6 Å². The third-order valence-corrected chi connectivity index (χ3v) is 3.16. The fourth-order valence-corrected chi connectivity index (χ4v) is 2.04. The number of anilines is 1. The number of aryl methyl sites for hydroxylation is 2. The predicted octanol–water partition coefficient (Wildman–Crippen LogP) is 3.02. The number of carboxylic acid groups (broad SMARTS) is 1. The van der Waals surface area contributed by atoms with Crippen molar-refractivity contribution < 1.29 is 14.7 Å². The summed E-state index contributed by atoms with van der Waals surface area (Å²) in [4.78, 5) is 24.4. The Labute approximate surface area is 119 Å². The molecule has 0 aliphatic heterocycles. The molecule has 1 atom stereocenters. The normalized spacial score (nSPS) is 11.8. The van der Waals surface area contributed by atoms with Crippen molar-refractivity contribution in [3.63, 3.8) is 0 Å². The van der Waals surface area contributed by atoms with Gasteiger partial charge >= 0.3 is 12.0 Å². The molecular formula is C15H22N2O3. The number of amides is 2. The van der Waals surface area contributed by atoms with E-state index < -0.39 is 5.97 Å². The number of aliphatic carboxylic acids is 1. The highest BCUT2D eigenvalue weighted by atomic mass is 16.4. The minimum atomic E-state index is -1.01. The van der Waals surface area contributed by atoms with Gasteiger partial charge in [-0.15, -0.1) is 0 Å². The smallest absolute Gasteiger partial charge is 0.323 e. The summed E-state index contributed by atoms with van der Waals surface area (Å²) in [6.45, 7) is 7.36. The van der Waals surface area contributed by atoms with Crippen LogP contribution in [-0.4, -0.2) is 34.6 Å². The first-order chi connectivity index (χ1) is 9.33. The highest BCUT2D eigenvalue weighted by molar-refractivity contribution is 5.91.